The zero-order valence-corrected chi connectivity index (χ0v) is 22.2. The average molecular weight is 565 g/mol. The van der Waals surface area contributed by atoms with Crippen molar-refractivity contribution in [2.45, 2.75) is 50.5 Å². The number of amides is 1. The highest BCUT2D eigenvalue weighted by Crippen LogP contribution is 2.46. The van der Waals surface area contributed by atoms with Crippen molar-refractivity contribution in [1.82, 2.24) is 4.90 Å². The summed E-state index contributed by atoms with van der Waals surface area (Å²) in [6, 6.07) is 15.7. The predicted octanol–water partition coefficient (Wildman–Crippen LogP) is 7.29. The minimum atomic E-state index is -1.11. The van der Waals surface area contributed by atoms with Crippen molar-refractivity contribution in [3.05, 3.63) is 104 Å². The van der Waals surface area contributed by atoms with Crippen LogP contribution in [0.2, 0.25) is 15.1 Å². The Kier molecular flexibility index (Phi) is 8.75. The molecule has 9 heteroatoms. The Morgan fingerprint density at radius 3 is 2.27 bits per heavy atom. The van der Waals surface area contributed by atoms with Gasteiger partial charge in [-0.15, -0.1) is 0 Å². The fourth-order valence-electron chi connectivity index (χ4n) is 4.70. The van der Waals surface area contributed by atoms with Gasteiger partial charge in [0.05, 0.1) is 6.04 Å². The summed E-state index contributed by atoms with van der Waals surface area (Å²) in [5.41, 5.74) is 1.89. The molecule has 4 rings (SSSR count). The van der Waals surface area contributed by atoms with E-state index in [1.807, 2.05) is 6.92 Å². The molecule has 1 N–H and O–H groups in total. The van der Waals surface area contributed by atoms with Gasteiger partial charge in [-0.25, -0.2) is 9.18 Å². The van der Waals surface area contributed by atoms with E-state index in [0.29, 0.717) is 38.2 Å². The van der Waals surface area contributed by atoms with Crippen LogP contribution in [0, 0.1) is 5.82 Å². The van der Waals surface area contributed by atoms with Gasteiger partial charge in [-0.3, -0.25) is 4.79 Å². The lowest BCUT2D eigenvalue weighted by Gasteiger charge is -2.47. The lowest BCUT2D eigenvalue weighted by Crippen LogP contribution is -2.57. The minimum Gasteiger partial charge on any atom is -0.480 e. The first-order valence-corrected chi connectivity index (χ1v) is 13.0. The third-order valence-electron chi connectivity index (χ3n) is 6.43. The van der Waals surface area contributed by atoms with Gasteiger partial charge >= 0.3 is 5.97 Å². The maximum Gasteiger partial charge on any atom is 0.326 e. The summed E-state index contributed by atoms with van der Waals surface area (Å²) in [5, 5.41) is 11.4. The Bertz CT molecular complexity index is 1270. The van der Waals surface area contributed by atoms with Crippen LogP contribution in [0.4, 0.5) is 4.39 Å². The van der Waals surface area contributed by atoms with Crippen molar-refractivity contribution in [3.63, 3.8) is 0 Å². The normalized spacial score (nSPS) is 20.6. The summed E-state index contributed by atoms with van der Waals surface area (Å²) in [5.74, 6) is -1.98. The predicted molar refractivity (Wildman–Crippen MR) is 142 cm³/mol. The van der Waals surface area contributed by atoms with Gasteiger partial charge in [-0.05, 0) is 53.9 Å². The van der Waals surface area contributed by atoms with Crippen LogP contribution in [-0.4, -0.2) is 34.0 Å². The molecular weight excluding hydrogens is 540 g/mol. The summed E-state index contributed by atoms with van der Waals surface area (Å²) in [7, 11) is 0. The van der Waals surface area contributed by atoms with E-state index in [4.69, 9.17) is 39.5 Å². The van der Waals surface area contributed by atoms with Crippen LogP contribution in [0.3, 0.4) is 0 Å². The fraction of sp³-hybridized carbons (Fsp3) is 0.286. The zero-order valence-electron chi connectivity index (χ0n) is 19.9. The number of carboxylic acids is 1. The maximum atomic E-state index is 14.0. The van der Waals surface area contributed by atoms with Gasteiger partial charge in [0.25, 0.3) is 5.91 Å². The smallest absolute Gasteiger partial charge is 0.326 e. The molecule has 194 valence electrons. The molecule has 3 aromatic carbocycles. The molecule has 0 unspecified atom stereocenters. The molecule has 0 spiro atoms. The van der Waals surface area contributed by atoms with Crippen molar-refractivity contribution < 1.29 is 23.8 Å². The van der Waals surface area contributed by atoms with E-state index < -0.39 is 42.0 Å². The molecule has 1 saturated heterocycles. The summed E-state index contributed by atoms with van der Waals surface area (Å²) in [6.07, 6.45) is -0.917. The number of hydrogen-bond donors (Lipinski definition) is 1. The number of aliphatic carboxylic acids is 1. The van der Waals surface area contributed by atoms with Gasteiger partial charge < -0.3 is 14.7 Å². The Morgan fingerprint density at radius 1 is 1.03 bits per heavy atom. The van der Waals surface area contributed by atoms with Gasteiger partial charge in [-0.2, -0.15) is 0 Å². The van der Waals surface area contributed by atoms with Crippen LogP contribution in [-0.2, 0) is 20.7 Å². The highest BCUT2D eigenvalue weighted by molar-refractivity contribution is 6.35. The number of nitrogens with zero attached hydrogens (tertiary/aromatic N) is 1. The lowest BCUT2D eigenvalue weighted by atomic mass is 9.88. The van der Waals surface area contributed by atoms with Crippen LogP contribution < -0.4 is 0 Å². The van der Waals surface area contributed by atoms with Gasteiger partial charge in [0.1, 0.15) is 24.1 Å². The molecule has 37 heavy (non-hydrogen) atoms. The van der Waals surface area contributed by atoms with Crippen molar-refractivity contribution >= 4 is 46.7 Å². The second-order valence-electron chi connectivity index (χ2n) is 8.93. The van der Waals surface area contributed by atoms with Gasteiger partial charge in [0.15, 0.2) is 0 Å². The number of rotatable bonds is 8. The number of carbonyl (C=O) groups is 2. The molecule has 0 saturated carbocycles. The molecule has 3 aromatic rings. The van der Waals surface area contributed by atoms with E-state index in [2.05, 4.69) is 0 Å². The first kappa shape index (κ1) is 27.4. The molecule has 0 bridgehead atoms. The molecule has 0 aromatic heterocycles. The van der Waals surface area contributed by atoms with E-state index in [1.54, 1.807) is 54.6 Å². The summed E-state index contributed by atoms with van der Waals surface area (Å²) < 4.78 is 19.9. The van der Waals surface area contributed by atoms with Crippen LogP contribution >= 0.6 is 34.8 Å². The fourth-order valence-corrected chi connectivity index (χ4v) is 5.34. The highest BCUT2D eigenvalue weighted by atomic mass is 35.5. The second-order valence-corrected chi connectivity index (χ2v) is 10.2. The van der Waals surface area contributed by atoms with Crippen LogP contribution in [0.1, 0.15) is 48.6 Å². The number of morpholine rings is 1. The van der Waals surface area contributed by atoms with Crippen molar-refractivity contribution in [1.29, 1.82) is 0 Å². The summed E-state index contributed by atoms with van der Waals surface area (Å²) in [4.78, 5) is 27.9. The van der Waals surface area contributed by atoms with Crippen molar-refractivity contribution in [3.8, 4) is 0 Å². The Labute approximate surface area is 229 Å². The lowest BCUT2D eigenvalue weighted by molar-refractivity contribution is -0.184. The maximum absolute atomic E-state index is 14.0. The highest BCUT2D eigenvalue weighted by Gasteiger charge is 2.48. The molecule has 0 radical (unpaired) electrons. The molecule has 1 fully saturated rings. The van der Waals surface area contributed by atoms with E-state index in [9.17, 15) is 19.1 Å². The average Bonchev–Trinajstić information content (AvgIpc) is 2.86. The third kappa shape index (κ3) is 6.10. The second kappa shape index (κ2) is 11.8. The Hall–Kier alpha value is -2.64. The number of hydrogen-bond acceptors (Lipinski definition) is 3. The number of carbonyl (C=O) groups excluding carboxylic acids is 1. The standard InChI is InChI=1S/C28H25Cl3FNO4/c1-2-3-23(28(35)36)33-25(17-6-8-18(29)9-7-17)26(21-13-10-19(30)15-22(21)31)37-24(27(33)34)14-16-4-11-20(32)12-5-16/h4-13,15,23-26H,2-3,14H2,1H3,(H,35,36)/t23-,24+,25-,26+/m1/s1. The van der Waals surface area contributed by atoms with Crippen LogP contribution in [0.25, 0.3) is 0 Å². The van der Waals surface area contributed by atoms with E-state index in [0.717, 1.165) is 0 Å². The first-order valence-electron chi connectivity index (χ1n) is 11.8. The van der Waals surface area contributed by atoms with Crippen molar-refractivity contribution in [2.24, 2.45) is 0 Å². The molecule has 4 atom stereocenters. The summed E-state index contributed by atoms with van der Waals surface area (Å²) >= 11 is 18.9. The Morgan fingerprint density at radius 2 is 1.68 bits per heavy atom. The van der Waals surface area contributed by atoms with E-state index >= 15 is 0 Å². The van der Waals surface area contributed by atoms with Gasteiger partial charge in [0, 0.05) is 27.1 Å². The van der Waals surface area contributed by atoms with Gasteiger partial charge in [-0.1, -0.05) is 78.5 Å². The topological polar surface area (TPSA) is 66.8 Å². The SMILES string of the molecule is CCC[C@H](C(=O)O)N1C(=O)[C@H](Cc2ccc(F)cc2)O[C@@H](c2ccc(Cl)cc2Cl)[C@H]1c1ccc(Cl)cc1. The Balaban J connectivity index is 1.88. The first-order chi connectivity index (χ1) is 17.7. The third-order valence-corrected chi connectivity index (χ3v) is 7.24. The number of carboxylic acid groups (broad SMARTS) is 1. The largest absolute Gasteiger partial charge is 0.480 e. The van der Waals surface area contributed by atoms with E-state index in [1.165, 1.54) is 17.0 Å². The molecule has 1 aliphatic heterocycles. The minimum absolute atomic E-state index is 0.128. The number of halogens is 4. The molecular formula is C28H25Cl3FNO4. The summed E-state index contributed by atoms with van der Waals surface area (Å²) in [6.45, 7) is 1.86. The zero-order chi connectivity index (χ0) is 26.7. The molecule has 1 amide bonds. The van der Waals surface area contributed by atoms with Crippen molar-refractivity contribution in [2.75, 3.05) is 0 Å². The molecule has 5 nitrogen and oxygen atoms in total. The van der Waals surface area contributed by atoms with Crippen LogP contribution in [0.5, 0.6) is 0 Å². The molecule has 1 aliphatic rings. The monoisotopic (exact) mass is 563 g/mol. The number of ether oxygens (including phenoxy) is 1. The van der Waals surface area contributed by atoms with Crippen LogP contribution in [0.15, 0.2) is 66.7 Å². The van der Waals surface area contributed by atoms with E-state index in [-0.39, 0.29) is 12.8 Å². The quantitative estimate of drug-likeness (QED) is 0.312. The van der Waals surface area contributed by atoms with Gasteiger partial charge in [0.2, 0.25) is 0 Å². The number of benzene rings is 3. The molecule has 1 heterocycles. The molecule has 0 aliphatic carbocycles.